The van der Waals surface area contributed by atoms with Crippen molar-refractivity contribution in [2.24, 2.45) is 5.92 Å². The zero-order valence-corrected chi connectivity index (χ0v) is 51.3. The Morgan fingerprint density at radius 1 is 0.412 bits per heavy atom. The van der Waals surface area contributed by atoms with E-state index in [4.69, 9.17) is 14.2 Å². The van der Waals surface area contributed by atoms with Gasteiger partial charge < -0.3 is 70.4 Å². The molecule has 102 heavy (non-hydrogen) atoms. The van der Waals surface area contributed by atoms with E-state index in [1.54, 1.807) is 36.4 Å². The number of epoxide rings is 3. The van der Waals surface area contributed by atoms with Crippen LogP contribution in [0.5, 0.6) is 23.0 Å². The van der Waals surface area contributed by atoms with Crippen LogP contribution in [0, 0.1) is 5.92 Å². The summed E-state index contributed by atoms with van der Waals surface area (Å²) in [6.07, 6.45) is 3.61. The zero-order chi connectivity index (χ0) is 66.5. The van der Waals surface area contributed by atoms with Gasteiger partial charge in [-0.05, 0) is 197 Å². The monoisotopic (exact) mass is 1320 g/mol. The van der Waals surface area contributed by atoms with Crippen LogP contribution in [0.15, 0.2) is 101 Å². The predicted octanol–water partition coefficient (Wildman–Crippen LogP) is 9.62. The van der Waals surface area contributed by atoms with Crippen molar-refractivity contribution in [3.8, 4) is 45.3 Å². The highest BCUT2D eigenvalue weighted by atomic mass is 16.7. The lowest BCUT2D eigenvalue weighted by atomic mass is 9.33. The number of phenolic OH excluding ortho intramolecular Hbond substituents is 4. The molecule has 4 fully saturated rings. The summed E-state index contributed by atoms with van der Waals surface area (Å²) in [4.78, 5) is 43.0. The highest BCUT2D eigenvalue weighted by Crippen LogP contribution is 2.96. The van der Waals surface area contributed by atoms with Crippen LogP contribution < -0.4 is 20.9 Å². The summed E-state index contributed by atoms with van der Waals surface area (Å²) >= 11 is 0. The van der Waals surface area contributed by atoms with Gasteiger partial charge >= 0.3 is 17.9 Å². The highest BCUT2D eigenvalue weighted by molar-refractivity contribution is 6.44. The van der Waals surface area contributed by atoms with Gasteiger partial charge in [-0.1, -0.05) is 24.3 Å². The maximum atomic E-state index is 17.0. The second-order valence-electron chi connectivity index (χ2n) is 32.7. The van der Waals surface area contributed by atoms with Gasteiger partial charge in [0, 0.05) is 144 Å². The van der Waals surface area contributed by atoms with Gasteiger partial charge in [0.05, 0.1) is 16.7 Å². The Hall–Kier alpha value is -12.1. The van der Waals surface area contributed by atoms with E-state index in [0.29, 0.717) is 208 Å². The van der Waals surface area contributed by atoms with Crippen LogP contribution in [0.2, 0.25) is 0 Å². The Morgan fingerprint density at radius 3 is 1.99 bits per heavy atom. The van der Waals surface area contributed by atoms with Crippen molar-refractivity contribution < 1.29 is 84.8 Å². The number of benzene rings is 13. The molecule has 17 heteroatoms. The molecule has 3 heterocycles. The number of phenols is 4. The van der Waals surface area contributed by atoms with Crippen LogP contribution in [0.3, 0.4) is 0 Å². The van der Waals surface area contributed by atoms with Crippen LogP contribution in [-0.2, 0) is 36.6 Å². The highest BCUT2D eigenvalue weighted by Gasteiger charge is 2.99. The number of aromatic carboxylic acids is 3. The summed E-state index contributed by atoms with van der Waals surface area (Å²) in [6.45, 7) is 0. The lowest BCUT2D eigenvalue weighted by molar-refractivity contribution is -0.00864. The van der Waals surface area contributed by atoms with E-state index in [2.05, 4.69) is 0 Å². The van der Waals surface area contributed by atoms with E-state index in [9.17, 15) is 60.3 Å². The van der Waals surface area contributed by atoms with Crippen LogP contribution in [0.25, 0.3) is 165 Å². The first-order valence-electron chi connectivity index (χ1n) is 34.5. The van der Waals surface area contributed by atoms with Gasteiger partial charge in [-0.2, -0.15) is 0 Å². The van der Waals surface area contributed by atoms with Gasteiger partial charge in [-0.3, -0.25) is 0 Å². The molecular weight excluding hydrogens is 1290 g/mol. The van der Waals surface area contributed by atoms with E-state index in [1.165, 1.54) is 18.2 Å². The molecule has 11 N–H and O–H groups in total. The molecule has 0 amide bonds. The number of hydrogen-bond donors (Lipinski definition) is 11. The lowest BCUT2D eigenvalue weighted by Crippen LogP contribution is -2.72. The van der Waals surface area contributed by atoms with Crippen LogP contribution in [-0.4, -0.2) is 96.5 Å². The quantitative estimate of drug-likeness (QED) is 0.0445. The van der Waals surface area contributed by atoms with E-state index in [-0.39, 0.29) is 88.9 Å². The van der Waals surface area contributed by atoms with Crippen LogP contribution in [0.1, 0.15) is 116 Å². The molecule has 12 atom stereocenters. The maximum Gasteiger partial charge on any atom is 0.336 e. The molecule has 13 aromatic rings. The van der Waals surface area contributed by atoms with E-state index in [0.717, 1.165) is 0 Å². The average molecular weight is 1320 g/mol. The number of fused-ring (bicyclic) bond motifs is 3. The number of aliphatic hydroxyl groups is 4. The van der Waals surface area contributed by atoms with Crippen molar-refractivity contribution in [2.45, 2.75) is 62.6 Å². The molecule has 1 saturated carbocycles. The molecule has 0 bridgehead atoms. The Labute approximate surface area is 561 Å². The number of ether oxygens (including phenoxy) is 3. The molecule has 3 aliphatic heterocycles. The van der Waals surface area contributed by atoms with Crippen molar-refractivity contribution in [1.29, 1.82) is 0 Å². The van der Waals surface area contributed by atoms with Crippen molar-refractivity contribution in [1.82, 2.24) is 0 Å². The number of carboxylic acids is 3. The van der Waals surface area contributed by atoms with E-state index in [1.807, 2.05) is 36.4 Å². The first-order valence-corrected chi connectivity index (χ1v) is 34.5. The summed E-state index contributed by atoms with van der Waals surface area (Å²) < 4.78 is 25.0. The molecule has 0 radical (unpaired) electrons. The Balaban J connectivity index is 0.946. The van der Waals surface area contributed by atoms with Gasteiger partial charge in [-0.25, -0.2) is 14.4 Å². The fourth-order valence-corrected chi connectivity index (χ4v) is 28.9. The number of aliphatic hydroxyl groups excluding tert-OH is 2. The van der Waals surface area contributed by atoms with Gasteiger partial charge in [0.15, 0.2) is 22.4 Å². The summed E-state index contributed by atoms with van der Waals surface area (Å²) in [5.41, 5.74) is -4.42. The van der Waals surface area contributed by atoms with Crippen molar-refractivity contribution in [2.75, 3.05) is 0 Å². The van der Waals surface area contributed by atoms with Crippen LogP contribution in [0.4, 0.5) is 0 Å². The van der Waals surface area contributed by atoms with Gasteiger partial charge in [-0.15, -0.1) is 0 Å². The molecule has 0 aromatic heterocycles. The molecule has 13 aromatic carbocycles. The smallest absolute Gasteiger partial charge is 0.336 e. The summed E-state index contributed by atoms with van der Waals surface area (Å²) in [7, 11) is 0. The molecule has 6 spiro atoms. The van der Waals surface area contributed by atoms with Crippen molar-refractivity contribution in [3.63, 3.8) is 0 Å². The molecule has 472 valence electrons. The third-order valence-electron chi connectivity index (χ3n) is 30.7. The van der Waals surface area contributed by atoms with Gasteiger partial charge in [0.2, 0.25) is 0 Å². The topological polar surface area (TPSA) is 311 Å². The molecular formula is C85H30O17. The number of hydrogen-bond acceptors (Lipinski definition) is 14. The minimum atomic E-state index is -2.35. The summed E-state index contributed by atoms with van der Waals surface area (Å²) in [5.74, 6) is -9.88. The average Bonchev–Trinajstić information content (AvgIpc) is 1.26. The fraction of sp³-hybridized carbons (Fsp3) is 0.141. The third kappa shape index (κ3) is 3.27. The predicted molar refractivity (Wildman–Crippen MR) is 363 cm³/mol. The molecule has 12 unspecified atom stereocenters. The Kier molecular flexibility index (Phi) is 5.60. The Bertz CT molecular complexity index is 8120. The second-order valence-corrected chi connectivity index (χ2v) is 32.7. The summed E-state index contributed by atoms with van der Waals surface area (Å²) in [5, 5.41) is 160. The zero-order valence-electron chi connectivity index (χ0n) is 51.3. The molecule has 17 aliphatic carbocycles. The molecule has 33 rings (SSSR count). The second kappa shape index (κ2) is 11.9. The van der Waals surface area contributed by atoms with Crippen molar-refractivity contribution in [3.05, 3.63) is 205 Å². The van der Waals surface area contributed by atoms with Crippen LogP contribution >= 0.6 is 0 Å². The number of aromatic hydroxyl groups is 4. The fourth-order valence-electron chi connectivity index (χ4n) is 28.9. The number of rotatable bonds is 3. The van der Waals surface area contributed by atoms with E-state index >= 15 is 10.2 Å². The minimum absolute atomic E-state index is 0.0301. The standard InChI is InChI=1S/C85H30O17/c86-33-8-7-23-56-41(33)20-4-3-19-38-22(75(92)93)6-5-21-43(38)52-50-42(19)44(20)60-55-54(50)66-68-69-64-48-26(73(91)32-14-30(70(21)88)57(52)83(66)81(32,64)101-83)9-17-2-1-16-10-28(76(94)95)39-24-15-34(87)40-29(77(96)97)12-18-11-25-46-53-47-27(71(25)89)13-31(72(23)90)80(82(56,60)100-80)63(47)62(55)78(68,98)67(53)74-79(99)58(46)37(18)49(40)45(24)61(79)65-51(39)35(16)36(17)59(48)84(65)85(69,74)102-84/h1-15,61-62,65,69,86-91,98-99H,(H,92,93)(H,94,95)(H,96,97). The van der Waals surface area contributed by atoms with Gasteiger partial charge in [0.25, 0.3) is 0 Å². The van der Waals surface area contributed by atoms with Crippen molar-refractivity contribution >= 4 is 161 Å². The first kappa shape index (κ1) is 47.8. The molecule has 3 saturated heterocycles. The lowest BCUT2D eigenvalue weighted by Gasteiger charge is -2.68. The van der Waals surface area contributed by atoms with Gasteiger partial charge in [0.1, 0.15) is 56.9 Å². The first-order chi connectivity index (χ1) is 49.3. The SMILES string of the molecule is O=C(O)c1cc2ccc3cc4c5c6c3c2c2c1-c1cc(O)c3c(C(=O)O)cc7cc8c(O)c9c%10c%11c8c8c7c3c1C1C2C62OC23C(=C%11C2(O)C6=C7c%11c%12c%13c%14c(ccc%15c%16c(C(=O)O)ccc%17c(O)c%18c(c(c%11c%14%15)c%17%16)C7%11OC%11(C(=C%18)C=4O)C=5C63)-c3c(O)ccc4c3C%133OC3(C(=C4O)C=9)C=%10C%122)C81O. The molecule has 17 nitrogen and oxygen atoms in total. The molecule has 20 aliphatic rings. The maximum absolute atomic E-state index is 17.0. The largest absolute Gasteiger partial charge is 0.507 e. The third-order valence-corrected chi connectivity index (χ3v) is 30.7. The minimum Gasteiger partial charge on any atom is -0.507 e. The van der Waals surface area contributed by atoms with E-state index < -0.39 is 92.1 Å². The normalized spacial score (nSPS) is 33.6. The Morgan fingerprint density at radius 2 is 1.17 bits per heavy atom. The number of carbonyl (C=O) groups is 3. The number of carboxylic acid groups (broad SMARTS) is 3. The summed E-state index contributed by atoms with van der Waals surface area (Å²) in [6, 6.07) is 22.2.